The van der Waals surface area contributed by atoms with E-state index in [9.17, 15) is 14.0 Å². The summed E-state index contributed by atoms with van der Waals surface area (Å²) in [5.74, 6) is -2.46. The van der Waals surface area contributed by atoms with Crippen LogP contribution in [-0.4, -0.2) is 11.8 Å². The number of carbonyl (C=O) groups excluding carboxylic acids is 2. The van der Waals surface area contributed by atoms with E-state index in [0.717, 1.165) is 0 Å². The van der Waals surface area contributed by atoms with Crippen LogP contribution in [0.4, 0.5) is 15.8 Å². The Bertz CT molecular complexity index is 644. The maximum absolute atomic E-state index is 13.3. The first-order valence-corrected chi connectivity index (χ1v) is 6.06. The van der Waals surface area contributed by atoms with Crippen LogP contribution in [0.5, 0.6) is 0 Å². The molecule has 2 aromatic rings. The Labute approximate surface area is 119 Å². The summed E-state index contributed by atoms with van der Waals surface area (Å²) < 4.78 is 13.3. The summed E-state index contributed by atoms with van der Waals surface area (Å²) in [6.07, 6.45) is 0. The van der Waals surface area contributed by atoms with Crippen LogP contribution in [0.3, 0.4) is 0 Å². The molecule has 0 bridgehead atoms. The summed E-state index contributed by atoms with van der Waals surface area (Å²) in [4.78, 5) is 23.3. The molecule has 0 aliphatic carbocycles. The van der Waals surface area contributed by atoms with Crippen molar-refractivity contribution in [1.29, 1.82) is 0 Å². The number of nitrogens with one attached hydrogen (secondary N) is 2. The third kappa shape index (κ3) is 3.55. The lowest BCUT2D eigenvalue weighted by Gasteiger charge is -2.07. The van der Waals surface area contributed by atoms with Crippen molar-refractivity contribution in [1.82, 2.24) is 0 Å². The molecule has 20 heavy (non-hydrogen) atoms. The van der Waals surface area contributed by atoms with Crippen LogP contribution in [0.25, 0.3) is 0 Å². The second kappa shape index (κ2) is 6.16. The zero-order valence-electron chi connectivity index (χ0n) is 10.2. The van der Waals surface area contributed by atoms with E-state index in [1.165, 1.54) is 18.2 Å². The van der Waals surface area contributed by atoms with Crippen molar-refractivity contribution in [2.24, 2.45) is 0 Å². The van der Waals surface area contributed by atoms with Crippen molar-refractivity contribution in [2.45, 2.75) is 0 Å². The van der Waals surface area contributed by atoms with E-state index >= 15 is 0 Å². The molecule has 0 heterocycles. The molecule has 2 amide bonds. The molecule has 0 atom stereocenters. The molecule has 0 spiro atoms. The highest BCUT2D eigenvalue weighted by molar-refractivity contribution is 6.43. The van der Waals surface area contributed by atoms with Crippen LogP contribution in [0.15, 0.2) is 48.5 Å². The lowest BCUT2D eigenvalue weighted by Crippen LogP contribution is -2.29. The van der Waals surface area contributed by atoms with Gasteiger partial charge < -0.3 is 10.6 Å². The summed E-state index contributed by atoms with van der Waals surface area (Å²) in [6, 6.07) is 11.8. The monoisotopic (exact) mass is 292 g/mol. The highest BCUT2D eigenvalue weighted by Gasteiger charge is 2.15. The number of hydrogen-bond acceptors (Lipinski definition) is 2. The number of benzene rings is 2. The van der Waals surface area contributed by atoms with Gasteiger partial charge in [-0.1, -0.05) is 23.7 Å². The predicted octanol–water partition coefficient (Wildman–Crippen LogP) is 3.06. The first-order chi connectivity index (χ1) is 9.56. The van der Waals surface area contributed by atoms with Crippen molar-refractivity contribution in [3.05, 3.63) is 59.4 Å². The molecule has 0 aliphatic rings. The zero-order valence-corrected chi connectivity index (χ0v) is 10.9. The Morgan fingerprint density at radius 2 is 1.50 bits per heavy atom. The molecule has 6 heteroatoms. The smallest absolute Gasteiger partial charge is 0.314 e. The maximum Gasteiger partial charge on any atom is 0.314 e. The van der Waals surface area contributed by atoms with Gasteiger partial charge in [0.05, 0.1) is 5.69 Å². The molecule has 0 saturated heterocycles. The third-order valence-electron chi connectivity index (χ3n) is 2.43. The zero-order chi connectivity index (χ0) is 14.5. The first-order valence-electron chi connectivity index (χ1n) is 5.68. The highest BCUT2D eigenvalue weighted by Crippen LogP contribution is 2.14. The van der Waals surface area contributed by atoms with Gasteiger partial charge in [-0.3, -0.25) is 9.59 Å². The summed E-state index contributed by atoms with van der Waals surface area (Å²) in [6.45, 7) is 0. The molecular weight excluding hydrogens is 283 g/mol. The van der Waals surface area contributed by atoms with E-state index in [4.69, 9.17) is 11.6 Å². The molecule has 0 saturated carbocycles. The minimum absolute atomic E-state index is 0.0521. The van der Waals surface area contributed by atoms with Crippen LogP contribution >= 0.6 is 11.6 Å². The van der Waals surface area contributed by atoms with Gasteiger partial charge in [0.15, 0.2) is 0 Å². The van der Waals surface area contributed by atoms with E-state index in [-0.39, 0.29) is 5.69 Å². The average molecular weight is 293 g/mol. The number of rotatable bonds is 2. The van der Waals surface area contributed by atoms with Crippen molar-refractivity contribution in [2.75, 3.05) is 10.6 Å². The van der Waals surface area contributed by atoms with Crippen molar-refractivity contribution in [3.63, 3.8) is 0 Å². The predicted molar refractivity (Wildman–Crippen MR) is 75.1 cm³/mol. The van der Waals surface area contributed by atoms with E-state index in [1.54, 1.807) is 30.3 Å². The molecule has 2 aromatic carbocycles. The number of amides is 2. The number of hydrogen-bond donors (Lipinski definition) is 2. The summed E-state index contributed by atoms with van der Waals surface area (Å²) in [7, 11) is 0. The molecule has 0 fully saturated rings. The second-order valence-electron chi connectivity index (χ2n) is 3.89. The Kier molecular flexibility index (Phi) is 4.32. The van der Waals surface area contributed by atoms with E-state index < -0.39 is 17.6 Å². The van der Waals surface area contributed by atoms with Crippen LogP contribution < -0.4 is 10.6 Å². The SMILES string of the molecule is O=C(Nc1ccc(Cl)cc1)C(=O)Nc1ccccc1F. The molecule has 0 radical (unpaired) electrons. The normalized spacial score (nSPS) is 9.90. The standard InChI is InChI=1S/C14H10ClFN2O2/c15-9-5-7-10(8-6-9)17-13(19)14(20)18-12-4-2-1-3-11(12)16/h1-8H,(H,17,19)(H,18,20). The molecule has 0 aromatic heterocycles. The molecule has 2 N–H and O–H groups in total. The van der Waals surface area contributed by atoms with Gasteiger partial charge in [-0.15, -0.1) is 0 Å². The van der Waals surface area contributed by atoms with E-state index in [2.05, 4.69) is 10.6 Å². The van der Waals surface area contributed by atoms with Crippen LogP contribution in [0.2, 0.25) is 5.02 Å². The number of halogens is 2. The van der Waals surface area contributed by atoms with Gasteiger partial charge in [-0.2, -0.15) is 0 Å². The first kappa shape index (κ1) is 14.0. The Balaban J connectivity index is 2.01. The van der Waals surface area contributed by atoms with Gasteiger partial charge in [0, 0.05) is 10.7 Å². The van der Waals surface area contributed by atoms with Gasteiger partial charge >= 0.3 is 11.8 Å². The van der Waals surface area contributed by atoms with Crippen molar-refractivity contribution in [3.8, 4) is 0 Å². The van der Waals surface area contributed by atoms with Gasteiger partial charge in [0.25, 0.3) is 0 Å². The Morgan fingerprint density at radius 1 is 0.900 bits per heavy atom. The minimum Gasteiger partial charge on any atom is -0.318 e. The highest BCUT2D eigenvalue weighted by atomic mass is 35.5. The number of para-hydroxylation sites is 1. The molecule has 2 rings (SSSR count). The fraction of sp³-hybridized carbons (Fsp3) is 0. The second-order valence-corrected chi connectivity index (χ2v) is 4.33. The van der Waals surface area contributed by atoms with Gasteiger partial charge in [0.2, 0.25) is 0 Å². The topological polar surface area (TPSA) is 58.2 Å². The molecule has 0 aliphatic heterocycles. The summed E-state index contributed by atoms with van der Waals surface area (Å²) >= 11 is 5.70. The number of anilines is 2. The third-order valence-corrected chi connectivity index (χ3v) is 2.68. The fourth-order valence-corrected chi connectivity index (χ4v) is 1.59. The van der Waals surface area contributed by atoms with E-state index in [1.807, 2.05) is 0 Å². The molecule has 0 unspecified atom stereocenters. The molecular formula is C14H10ClFN2O2. The minimum atomic E-state index is -0.954. The van der Waals surface area contributed by atoms with Gasteiger partial charge in [-0.05, 0) is 36.4 Å². The van der Waals surface area contributed by atoms with Gasteiger partial charge in [-0.25, -0.2) is 4.39 Å². The van der Waals surface area contributed by atoms with E-state index in [0.29, 0.717) is 10.7 Å². The van der Waals surface area contributed by atoms with Gasteiger partial charge in [0.1, 0.15) is 5.82 Å². The lowest BCUT2D eigenvalue weighted by molar-refractivity contribution is -0.133. The number of carbonyl (C=O) groups is 2. The van der Waals surface area contributed by atoms with Crippen LogP contribution in [0.1, 0.15) is 0 Å². The quantitative estimate of drug-likeness (QED) is 0.836. The summed E-state index contributed by atoms with van der Waals surface area (Å²) in [5, 5.41) is 5.08. The van der Waals surface area contributed by atoms with Crippen LogP contribution in [-0.2, 0) is 9.59 Å². The molecule has 102 valence electrons. The Hall–Kier alpha value is -2.40. The largest absolute Gasteiger partial charge is 0.318 e. The lowest BCUT2D eigenvalue weighted by atomic mass is 10.3. The summed E-state index contributed by atoms with van der Waals surface area (Å²) in [5.41, 5.74) is 0.367. The maximum atomic E-state index is 13.3. The molecule has 4 nitrogen and oxygen atoms in total. The van der Waals surface area contributed by atoms with Crippen LogP contribution in [0, 0.1) is 5.82 Å². The van der Waals surface area contributed by atoms with Crippen molar-refractivity contribution < 1.29 is 14.0 Å². The van der Waals surface area contributed by atoms with Crippen molar-refractivity contribution >= 4 is 34.8 Å². The Morgan fingerprint density at radius 3 is 2.15 bits per heavy atom. The fourth-order valence-electron chi connectivity index (χ4n) is 1.46. The average Bonchev–Trinajstić information content (AvgIpc) is 2.44.